The topological polar surface area (TPSA) is 61.3 Å². The average Bonchev–Trinajstić information content (AvgIpc) is 2.90. The third-order valence-corrected chi connectivity index (χ3v) is 7.06. The Hall–Kier alpha value is -3.50. The number of alkyl halides is 3. The van der Waals surface area contributed by atoms with Crippen LogP contribution in [0.25, 0.3) is 11.4 Å². The highest BCUT2D eigenvalue weighted by molar-refractivity contribution is 5.60. The molecule has 2 aliphatic heterocycles. The van der Waals surface area contributed by atoms with Gasteiger partial charge in [-0.25, -0.2) is 9.37 Å². The number of pyridine rings is 1. The van der Waals surface area contributed by atoms with Gasteiger partial charge in [-0.05, 0) is 56.9 Å². The monoisotopic (exact) mass is 515 g/mol. The largest absolute Gasteiger partial charge is 0.419 e. The number of halogens is 4. The van der Waals surface area contributed by atoms with Crippen LogP contribution < -0.4 is 14.7 Å². The lowest BCUT2D eigenvalue weighted by atomic mass is 10.0. The molecule has 11 heteroatoms. The smallest absolute Gasteiger partial charge is 0.353 e. The molecule has 0 saturated carbocycles. The van der Waals surface area contributed by atoms with Gasteiger partial charge in [0, 0.05) is 50.5 Å². The molecule has 1 atom stereocenters. The van der Waals surface area contributed by atoms with E-state index >= 15 is 0 Å². The van der Waals surface area contributed by atoms with Crippen molar-refractivity contribution in [2.75, 3.05) is 47.4 Å². The van der Waals surface area contributed by atoms with Crippen LogP contribution in [-0.2, 0) is 6.18 Å². The second-order valence-electron chi connectivity index (χ2n) is 9.61. The molecule has 2 saturated heterocycles. The molecule has 0 spiro atoms. The van der Waals surface area contributed by atoms with Crippen LogP contribution in [-0.4, -0.2) is 58.7 Å². The maximum absolute atomic E-state index is 14.4. The van der Waals surface area contributed by atoms with Crippen LogP contribution in [0, 0.1) is 12.7 Å². The van der Waals surface area contributed by atoms with Crippen LogP contribution in [0.3, 0.4) is 0 Å². The lowest BCUT2D eigenvalue weighted by Crippen LogP contribution is -2.48. The third kappa shape index (κ3) is 5.30. The summed E-state index contributed by atoms with van der Waals surface area (Å²) in [6.07, 6.45) is 0.0973. The number of hydrogen-bond donors (Lipinski definition) is 0. The summed E-state index contributed by atoms with van der Waals surface area (Å²) in [5.41, 5.74) is 0.347. The van der Waals surface area contributed by atoms with Gasteiger partial charge in [0.1, 0.15) is 11.6 Å². The SMILES string of the molecule is Cc1ccc(-c2nc(N3CCN(c4ncccc4C(F)(F)F)CC3)nc(N3CCCCC3C)n2)cc1F. The fourth-order valence-corrected chi connectivity index (χ4v) is 4.87. The molecule has 37 heavy (non-hydrogen) atoms. The minimum atomic E-state index is -4.48. The Kier molecular flexibility index (Phi) is 6.87. The second kappa shape index (κ2) is 10.1. The van der Waals surface area contributed by atoms with Gasteiger partial charge in [0.05, 0.1) is 5.56 Å². The molecular weight excluding hydrogens is 486 g/mol. The zero-order valence-corrected chi connectivity index (χ0v) is 20.8. The van der Waals surface area contributed by atoms with E-state index < -0.39 is 11.7 Å². The first-order valence-corrected chi connectivity index (χ1v) is 12.5. The van der Waals surface area contributed by atoms with Crippen LogP contribution in [0.1, 0.15) is 37.3 Å². The van der Waals surface area contributed by atoms with Crippen LogP contribution in [0.2, 0.25) is 0 Å². The first-order chi connectivity index (χ1) is 17.7. The molecule has 2 aromatic heterocycles. The number of piperazine rings is 1. The van der Waals surface area contributed by atoms with E-state index in [1.165, 1.54) is 18.3 Å². The Balaban J connectivity index is 1.44. The van der Waals surface area contributed by atoms with Crippen LogP contribution in [0.4, 0.5) is 35.3 Å². The molecule has 2 fully saturated rings. The molecule has 196 valence electrons. The van der Waals surface area contributed by atoms with Crippen molar-refractivity contribution in [3.8, 4) is 11.4 Å². The zero-order valence-electron chi connectivity index (χ0n) is 20.8. The molecule has 7 nitrogen and oxygen atoms in total. The Morgan fingerprint density at radius 3 is 2.32 bits per heavy atom. The Bertz CT molecular complexity index is 1260. The van der Waals surface area contributed by atoms with Crippen molar-refractivity contribution in [3.63, 3.8) is 0 Å². The zero-order chi connectivity index (χ0) is 26.2. The van der Waals surface area contributed by atoms with E-state index in [2.05, 4.69) is 21.8 Å². The highest BCUT2D eigenvalue weighted by Gasteiger charge is 2.36. The number of piperidine rings is 1. The molecule has 4 heterocycles. The third-order valence-electron chi connectivity index (χ3n) is 7.06. The van der Waals surface area contributed by atoms with Crippen molar-refractivity contribution in [1.29, 1.82) is 0 Å². The van der Waals surface area contributed by atoms with E-state index in [0.29, 0.717) is 55.0 Å². The van der Waals surface area contributed by atoms with Crippen LogP contribution >= 0.6 is 0 Å². The van der Waals surface area contributed by atoms with Gasteiger partial charge in [-0.15, -0.1) is 0 Å². The number of hydrogen-bond acceptors (Lipinski definition) is 7. The number of aromatic nitrogens is 4. The quantitative estimate of drug-likeness (QED) is 0.448. The fourth-order valence-electron chi connectivity index (χ4n) is 4.87. The molecule has 5 rings (SSSR count). The van der Waals surface area contributed by atoms with E-state index in [1.807, 2.05) is 4.90 Å². The second-order valence-corrected chi connectivity index (χ2v) is 9.61. The molecule has 0 N–H and O–H groups in total. The van der Waals surface area contributed by atoms with E-state index in [9.17, 15) is 17.6 Å². The molecule has 0 aliphatic carbocycles. The lowest BCUT2D eigenvalue weighted by Gasteiger charge is -2.37. The van der Waals surface area contributed by atoms with E-state index in [0.717, 1.165) is 31.9 Å². The van der Waals surface area contributed by atoms with Crippen molar-refractivity contribution in [2.45, 2.75) is 45.3 Å². The van der Waals surface area contributed by atoms with Gasteiger partial charge in [-0.1, -0.05) is 12.1 Å². The summed E-state index contributed by atoms with van der Waals surface area (Å²) in [5, 5.41) is 0. The van der Waals surface area contributed by atoms with E-state index in [4.69, 9.17) is 9.97 Å². The number of nitrogens with zero attached hydrogens (tertiary/aromatic N) is 7. The van der Waals surface area contributed by atoms with Gasteiger partial charge in [0.25, 0.3) is 0 Å². The number of anilines is 3. The predicted molar refractivity (Wildman–Crippen MR) is 134 cm³/mol. The summed E-state index contributed by atoms with van der Waals surface area (Å²) in [6.45, 7) is 6.14. The Morgan fingerprint density at radius 2 is 1.62 bits per heavy atom. The van der Waals surface area contributed by atoms with Crippen molar-refractivity contribution < 1.29 is 17.6 Å². The summed E-state index contributed by atoms with van der Waals surface area (Å²) in [4.78, 5) is 23.9. The van der Waals surface area contributed by atoms with Gasteiger partial charge < -0.3 is 14.7 Å². The van der Waals surface area contributed by atoms with Gasteiger partial charge in [-0.3, -0.25) is 0 Å². The molecular formula is C26H29F4N7. The minimum Gasteiger partial charge on any atom is -0.353 e. The molecule has 0 bridgehead atoms. The molecule has 2 aliphatic rings. The average molecular weight is 516 g/mol. The molecule has 3 aromatic rings. The number of benzene rings is 1. The number of aryl methyl sites for hydroxylation is 1. The standard InChI is InChI=1S/C26H29F4N7/c1-17-8-9-19(16-21(17)27)22-32-24(34-25(33-22)37-11-4-3-6-18(37)2)36-14-12-35(13-15-36)23-20(26(28,29)30)7-5-10-31-23/h5,7-10,16,18H,3-4,6,11-15H2,1-2H3. The minimum absolute atomic E-state index is 0.0658. The van der Waals surface area contributed by atoms with Gasteiger partial charge in [0.2, 0.25) is 11.9 Å². The van der Waals surface area contributed by atoms with Crippen LogP contribution in [0.15, 0.2) is 36.5 Å². The van der Waals surface area contributed by atoms with Gasteiger partial charge >= 0.3 is 6.18 Å². The maximum atomic E-state index is 14.4. The lowest BCUT2D eigenvalue weighted by molar-refractivity contribution is -0.137. The normalized spacial score (nSPS) is 18.9. The van der Waals surface area contributed by atoms with E-state index in [1.54, 1.807) is 24.0 Å². The van der Waals surface area contributed by atoms with Crippen molar-refractivity contribution in [2.24, 2.45) is 0 Å². The van der Waals surface area contributed by atoms with Gasteiger partial charge in [-0.2, -0.15) is 28.1 Å². The van der Waals surface area contributed by atoms with Crippen molar-refractivity contribution in [3.05, 3.63) is 53.5 Å². The first-order valence-electron chi connectivity index (χ1n) is 12.5. The summed E-state index contributed by atoms with van der Waals surface area (Å²) in [6, 6.07) is 7.52. The maximum Gasteiger partial charge on any atom is 0.419 e. The highest BCUT2D eigenvalue weighted by Crippen LogP contribution is 2.35. The summed E-state index contributed by atoms with van der Waals surface area (Å²) in [7, 11) is 0. The molecule has 1 unspecified atom stereocenters. The first kappa shape index (κ1) is 25.2. The Labute approximate surface area is 213 Å². The highest BCUT2D eigenvalue weighted by atomic mass is 19.4. The van der Waals surface area contributed by atoms with Crippen molar-refractivity contribution in [1.82, 2.24) is 19.9 Å². The van der Waals surface area contributed by atoms with Crippen molar-refractivity contribution >= 4 is 17.7 Å². The molecule has 0 radical (unpaired) electrons. The van der Waals surface area contributed by atoms with E-state index in [-0.39, 0.29) is 17.7 Å². The fraction of sp³-hybridized carbons (Fsp3) is 0.462. The number of rotatable bonds is 4. The molecule has 1 aromatic carbocycles. The summed E-state index contributed by atoms with van der Waals surface area (Å²) >= 11 is 0. The molecule has 0 amide bonds. The van der Waals surface area contributed by atoms with Crippen LogP contribution in [0.5, 0.6) is 0 Å². The summed E-state index contributed by atoms with van der Waals surface area (Å²) in [5.74, 6) is 0.957. The van der Waals surface area contributed by atoms with Gasteiger partial charge in [0.15, 0.2) is 5.82 Å². The predicted octanol–water partition coefficient (Wildman–Crippen LogP) is 5.11. The summed E-state index contributed by atoms with van der Waals surface area (Å²) < 4.78 is 54.9. The Morgan fingerprint density at radius 1 is 0.892 bits per heavy atom.